The molecule has 6 aromatic carbocycles. The van der Waals surface area contributed by atoms with E-state index in [2.05, 4.69) is 149 Å². The Kier molecular flexibility index (Phi) is 6.22. The summed E-state index contributed by atoms with van der Waals surface area (Å²) >= 11 is 0. The molecule has 51 heavy (non-hydrogen) atoms. The summed E-state index contributed by atoms with van der Waals surface area (Å²) in [5, 5.41) is 0. The maximum atomic E-state index is 6.56. The molecular formula is C47H37N3O. The summed E-state index contributed by atoms with van der Waals surface area (Å²) in [6.07, 6.45) is 1.10. The molecule has 246 valence electrons. The van der Waals surface area contributed by atoms with Crippen LogP contribution in [0.4, 0.5) is 0 Å². The lowest BCUT2D eigenvalue weighted by atomic mass is 9.66. The molecule has 0 amide bonds. The van der Waals surface area contributed by atoms with Crippen LogP contribution < -0.4 is 4.74 Å². The Labute approximate surface area is 298 Å². The summed E-state index contributed by atoms with van der Waals surface area (Å²) < 4.78 is 6.56. The van der Waals surface area contributed by atoms with E-state index in [1.807, 2.05) is 18.2 Å². The third-order valence-corrected chi connectivity index (χ3v) is 11.4. The van der Waals surface area contributed by atoms with Crippen molar-refractivity contribution in [2.75, 3.05) is 0 Å². The molecule has 0 unspecified atom stereocenters. The molecule has 0 atom stereocenters. The third-order valence-electron chi connectivity index (χ3n) is 11.4. The van der Waals surface area contributed by atoms with Crippen molar-refractivity contribution >= 4 is 0 Å². The molecule has 1 aromatic heterocycles. The van der Waals surface area contributed by atoms with E-state index in [1.54, 1.807) is 0 Å². The minimum absolute atomic E-state index is 0.0621. The highest BCUT2D eigenvalue weighted by Crippen LogP contribution is 2.62. The van der Waals surface area contributed by atoms with Crippen LogP contribution in [0.15, 0.2) is 140 Å². The number of nitrogens with zero attached hydrogens (tertiary/aromatic N) is 3. The molecule has 1 aliphatic heterocycles. The highest BCUT2D eigenvalue weighted by molar-refractivity contribution is 5.90. The van der Waals surface area contributed by atoms with Crippen molar-refractivity contribution < 1.29 is 4.74 Å². The fourth-order valence-electron chi connectivity index (χ4n) is 9.47. The van der Waals surface area contributed by atoms with Gasteiger partial charge in [-0.15, -0.1) is 0 Å². The van der Waals surface area contributed by atoms with E-state index in [4.69, 9.17) is 19.7 Å². The summed E-state index contributed by atoms with van der Waals surface area (Å²) in [6.45, 7) is 9.40. The van der Waals surface area contributed by atoms with Gasteiger partial charge in [0.1, 0.15) is 11.5 Å². The molecule has 0 saturated heterocycles. The predicted octanol–water partition coefficient (Wildman–Crippen LogP) is 11.3. The summed E-state index contributed by atoms with van der Waals surface area (Å²) in [5.41, 5.74) is 12.5. The van der Waals surface area contributed by atoms with Crippen molar-refractivity contribution in [2.45, 2.75) is 50.4 Å². The third kappa shape index (κ3) is 4.29. The van der Waals surface area contributed by atoms with Crippen LogP contribution in [0.1, 0.15) is 67.5 Å². The fraction of sp³-hybridized carbons (Fsp3) is 0.170. The number of aromatic nitrogens is 3. The second-order valence-corrected chi connectivity index (χ2v) is 15.5. The van der Waals surface area contributed by atoms with Gasteiger partial charge in [-0.25, -0.2) is 15.0 Å². The first-order valence-corrected chi connectivity index (χ1v) is 17.8. The largest absolute Gasteiger partial charge is 0.457 e. The van der Waals surface area contributed by atoms with Crippen molar-refractivity contribution in [3.05, 3.63) is 173 Å². The van der Waals surface area contributed by atoms with Crippen LogP contribution in [0.2, 0.25) is 0 Å². The molecule has 1 spiro atoms. The van der Waals surface area contributed by atoms with Crippen molar-refractivity contribution in [1.82, 2.24) is 15.0 Å². The first-order valence-electron chi connectivity index (χ1n) is 17.8. The first-order chi connectivity index (χ1) is 24.7. The van der Waals surface area contributed by atoms with Gasteiger partial charge < -0.3 is 4.74 Å². The van der Waals surface area contributed by atoms with E-state index in [1.165, 1.54) is 33.4 Å². The molecule has 0 saturated carbocycles. The standard InChI is InChI=1S/C47H37N3O/c1-45(2)28-46(3,4)39-27-31(23-25-35(39)45)44-49-42(29-14-6-5-7-15-29)48-43(50-44)30-22-24-33-32-16-8-9-17-34(32)47(38(33)26-30)36-18-10-12-20-40(36)51-41-21-13-11-19-37(41)47/h5-27H,28H2,1-4H3. The van der Waals surface area contributed by atoms with E-state index in [0.717, 1.165) is 45.7 Å². The lowest BCUT2D eigenvalue weighted by molar-refractivity contribution is 0.403. The van der Waals surface area contributed by atoms with Gasteiger partial charge in [0, 0.05) is 27.8 Å². The molecule has 0 radical (unpaired) electrons. The monoisotopic (exact) mass is 659 g/mol. The Balaban J connectivity index is 1.22. The fourth-order valence-corrected chi connectivity index (χ4v) is 9.47. The summed E-state index contributed by atoms with van der Waals surface area (Å²) in [5.74, 6) is 3.75. The summed E-state index contributed by atoms with van der Waals surface area (Å²) in [4.78, 5) is 15.6. The highest BCUT2D eigenvalue weighted by atomic mass is 16.5. The highest BCUT2D eigenvalue weighted by Gasteiger charge is 2.51. The summed E-state index contributed by atoms with van der Waals surface area (Å²) in [7, 11) is 0. The maximum Gasteiger partial charge on any atom is 0.164 e. The van der Waals surface area contributed by atoms with Gasteiger partial charge in [-0.05, 0) is 74.9 Å². The molecule has 2 heterocycles. The van der Waals surface area contributed by atoms with Crippen molar-refractivity contribution in [2.24, 2.45) is 0 Å². The van der Waals surface area contributed by atoms with Crippen LogP contribution in [0.25, 0.3) is 45.3 Å². The molecule has 4 nitrogen and oxygen atoms in total. The lowest BCUT2D eigenvalue weighted by Crippen LogP contribution is -2.32. The molecule has 0 fully saturated rings. The van der Waals surface area contributed by atoms with Crippen LogP contribution in [-0.4, -0.2) is 15.0 Å². The molecule has 2 aliphatic carbocycles. The number of ether oxygens (including phenoxy) is 1. The van der Waals surface area contributed by atoms with Crippen molar-refractivity contribution in [1.29, 1.82) is 0 Å². The summed E-state index contributed by atoms with van der Waals surface area (Å²) in [6, 6.07) is 49.5. The number of para-hydroxylation sites is 2. The number of hydrogen-bond acceptors (Lipinski definition) is 4. The SMILES string of the molecule is CC1(C)CC(C)(C)c2cc(-c3nc(-c4ccccc4)nc(-c4ccc5c(c4)C4(c6ccccc6Oc6ccccc64)c4ccccc4-5)n3)ccc21. The Morgan fingerprint density at radius 1 is 0.412 bits per heavy atom. The second-order valence-electron chi connectivity index (χ2n) is 15.5. The topological polar surface area (TPSA) is 47.9 Å². The average molecular weight is 660 g/mol. The van der Waals surface area contributed by atoms with Crippen LogP contribution in [0, 0.1) is 0 Å². The molecule has 3 aliphatic rings. The van der Waals surface area contributed by atoms with Crippen LogP contribution in [-0.2, 0) is 16.2 Å². The smallest absolute Gasteiger partial charge is 0.164 e. The normalized spacial score (nSPS) is 16.4. The quantitative estimate of drug-likeness (QED) is 0.189. The molecule has 4 heteroatoms. The van der Waals surface area contributed by atoms with Crippen molar-refractivity contribution in [3.8, 4) is 56.8 Å². The Morgan fingerprint density at radius 2 is 0.902 bits per heavy atom. The molecule has 10 rings (SSSR count). The van der Waals surface area contributed by atoms with E-state index in [9.17, 15) is 0 Å². The van der Waals surface area contributed by atoms with E-state index >= 15 is 0 Å². The van der Waals surface area contributed by atoms with E-state index in [0.29, 0.717) is 17.5 Å². The molecular weight excluding hydrogens is 623 g/mol. The zero-order chi connectivity index (χ0) is 34.5. The zero-order valence-corrected chi connectivity index (χ0v) is 29.2. The number of hydrogen-bond donors (Lipinski definition) is 0. The van der Waals surface area contributed by atoms with E-state index < -0.39 is 5.41 Å². The minimum Gasteiger partial charge on any atom is -0.457 e. The molecule has 0 N–H and O–H groups in total. The van der Waals surface area contributed by atoms with Crippen LogP contribution >= 0.6 is 0 Å². The first kappa shape index (κ1) is 30.0. The Morgan fingerprint density at radius 3 is 1.57 bits per heavy atom. The Bertz CT molecular complexity index is 2500. The van der Waals surface area contributed by atoms with Crippen molar-refractivity contribution in [3.63, 3.8) is 0 Å². The molecule has 0 bridgehead atoms. The molecule has 7 aromatic rings. The van der Waals surface area contributed by atoms with Crippen LogP contribution in [0.5, 0.6) is 11.5 Å². The van der Waals surface area contributed by atoms with Gasteiger partial charge in [0.2, 0.25) is 0 Å². The Hall–Kier alpha value is -5.87. The van der Waals surface area contributed by atoms with Gasteiger partial charge in [0.05, 0.1) is 5.41 Å². The van der Waals surface area contributed by atoms with Gasteiger partial charge in [-0.3, -0.25) is 0 Å². The lowest BCUT2D eigenvalue weighted by Gasteiger charge is -2.39. The predicted molar refractivity (Wildman–Crippen MR) is 204 cm³/mol. The van der Waals surface area contributed by atoms with Gasteiger partial charge in [-0.1, -0.05) is 143 Å². The van der Waals surface area contributed by atoms with Gasteiger partial charge in [0.25, 0.3) is 0 Å². The maximum absolute atomic E-state index is 6.56. The van der Waals surface area contributed by atoms with Gasteiger partial charge in [0.15, 0.2) is 17.5 Å². The second kappa shape index (κ2) is 10.6. The minimum atomic E-state index is -0.566. The number of benzene rings is 6. The average Bonchev–Trinajstić information content (AvgIpc) is 3.55. The number of fused-ring (bicyclic) bond motifs is 10. The van der Waals surface area contributed by atoms with Gasteiger partial charge in [-0.2, -0.15) is 0 Å². The van der Waals surface area contributed by atoms with Crippen LogP contribution in [0.3, 0.4) is 0 Å². The van der Waals surface area contributed by atoms with E-state index in [-0.39, 0.29) is 10.8 Å². The van der Waals surface area contributed by atoms with Gasteiger partial charge >= 0.3 is 0 Å². The zero-order valence-electron chi connectivity index (χ0n) is 29.2. The number of rotatable bonds is 3.